The van der Waals surface area contributed by atoms with Gasteiger partial charge in [0.25, 0.3) is 11.6 Å². The average Bonchev–Trinajstić information content (AvgIpc) is 2.90. The van der Waals surface area contributed by atoms with E-state index in [2.05, 4.69) is 20.4 Å². The van der Waals surface area contributed by atoms with E-state index in [1.165, 1.54) is 31.4 Å². The molecule has 0 saturated heterocycles. The zero-order valence-electron chi connectivity index (χ0n) is 12.5. The SMILES string of the molecule is COc1cc(F)cc(Nc2cc(C)nc3nc(C(F)(F)F)nn23)c1. The molecular formula is C14H11F4N5O. The molecule has 2 heterocycles. The predicted octanol–water partition coefficient (Wildman–Crippen LogP) is 3.34. The molecule has 2 aromatic heterocycles. The molecule has 0 radical (unpaired) electrons. The highest BCUT2D eigenvalue weighted by Crippen LogP contribution is 2.28. The van der Waals surface area contributed by atoms with Crippen LogP contribution in [0.5, 0.6) is 5.75 Å². The minimum atomic E-state index is -4.69. The van der Waals surface area contributed by atoms with Crippen LogP contribution in [0.2, 0.25) is 0 Å². The molecule has 6 nitrogen and oxygen atoms in total. The van der Waals surface area contributed by atoms with Gasteiger partial charge >= 0.3 is 6.18 Å². The summed E-state index contributed by atoms with van der Waals surface area (Å²) >= 11 is 0. The number of ether oxygens (including phenoxy) is 1. The maximum Gasteiger partial charge on any atom is 0.453 e. The van der Waals surface area contributed by atoms with Crippen LogP contribution in [0.25, 0.3) is 5.78 Å². The average molecular weight is 341 g/mol. The lowest BCUT2D eigenvalue weighted by molar-refractivity contribution is -0.144. The topological polar surface area (TPSA) is 64.3 Å². The second-order valence-corrected chi connectivity index (χ2v) is 4.93. The van der Waals surface area contributed by atoms with E-state index in [1.54, 1.807) is 6.92 Å². The van der Waals surface area contributed by atoms with Crippen molar-refractivity contribution in [3.05, 3.63) is 41.6 Å². The molecule has 3 aromatic rings. The molecule has 0 aliphatic carbocycles. The number of methoxy groups -OCH3 is 1. The van der Waals surface area contributed by atoms with E-state index >= 15 is 0 Å². The Labute approximate surface area is 133 Å². The molecule has 0 saturated carbocycles. The molecule has 0 unspecified atom stereocenters. The van der Waals surface area contributed by atoms with Crippen LogP contribution in [-0.4, -0.2) is 26.7 Å². The van der Waals surface area contributed by atoms with E-state index in [1.807, 2.05) is 0 Å². The first kappa shape index (κ1) is 16.0. The van der Waals surface area contributed by atoms with Crippen molar-refractivity contribution in [2.75, 3.05) is 12.4 Å². The van der Waals surface area contributed by atoms with Crippen LogP contribution in [0, 0.1) is 12.7 Å². The van der Waals surface area contributed by atoms with Crippen LogP contribution in [0.15, 0.2) is 24.3 Å². The summed E-state index contributed by atoms with van der Waals surface area (Å²) < 4.78 is 57.8. The number of nitrogens with one attached hydrogen (secondary N) is 1. The van der Waals surface area contributed by atoms with E-state index < -0.39 is 17.8 Å². The fraction of sp³-hybridized carbons (Fsp3) is 0.214. The molecule has 10 heteroatoms. The van der Waals surface area contributed by atoms with Crippen molar-refractivity contribution < 1.29 is 22.3 Å². The molecule has 0 amide bonds. The summed E-state index contributed by atoms with van der Waals surface area (Å²) in [6.07, 6.45) is -4.69. The number of aryl methyl sites for hydroxylation is 1. The lowest BCUT2D eigenvalue weighted by Crippen LogP contribution is -2.08. The Bertz CT molecular complexity index is 906. The molecule has 0 fully saturated rings. The molecule has 3 rings (SSSR count). The van der Waals surface area contributed by atoms with Gasteiger partial charge in [0.05, 0.1) is 7.11 Å². The van der Waals surface area contributed by atoms with Crippen LogP contribution in [0.4, 0.5) is 29.1 Å². The van der Waals surface area contributed by atoms with E-state index in [0.717, 1.165) is 4.52 Å². The molecule has 0 aliphatic rings. The minimum Gasteiger partial charge on any atom is -0.497 e. The van der Waals surface area contributed by atoms with Crippen LogP contribution in [-0.2, 0) is 6.18 Å². The highest BCUT2D eigenvalue weighted by molar-refractivity contribution is 5.60. The van der Waals surface area contributed by atoms with Gasteiger partial charge in [-0.25, -0.2) is 9.37 Å². The summed E-state index contributed by atoms with van der Waals surface area (Å²) in [5.41, 5.74) is 0.706. The van der Waals surface area contributed by atoms with Gasteiger partial charge in [-0.05, 0) is 13.0 Å². The first-order valence-corrected chi connectivity index (χ1v) is 6.69. The van der Waals surface area contributed by atoms with Crippen LogP contribution in [0.1, 0.15) is 11.5 Å². The van der Waals surface area contributed by atoms with E-state index in [9.17, 15) is 17.6 Å². The monoisotopic (exact) mass is 341 g/mol. The number of alkyl halides is 3. The number of aromatic nitrogens is 4. The third kappa shape index (κ3) is 3.07. The third-order valence-corrected chi connectivity index (χ3v) is 3.07. The number of halogens is 4. The summed E-state index contributed by atoms with van der Waals surface area (Å²) in [5.74, 6) is -1.66. The van der Waals surface area contributed by atoms with Crippen molar-refractivity contribution in [1.29, 1.82) is 0 Å². The quantitative estimate of drug-likeness (QED) is 0.740. The Kier molecular flexibility index (Phi) is 3.74. The Morgan fingerprint density at radius 1 is 1.12 bits per heavy atom. The third-order valence-electron chi connectivity index (χ3n) is 3.07. The van der Waals surface area contributed by atoms with Gasteiger partial charge in [-0.2, -0.15) is 22.7 Å². The second kappa shape index (κ2) is 5.62. The molecule has 24 heavy (non-hydrogen) atoms. The molecule has 0 atom stereocenters. The summed E-state index contributed by atoms with van der Waals surface area (Å²) in [4.78, 5) is 7.29. The molecule has 0 bridgehead atoms. The molecule has 0 aliphatic heterocycles. The highest BCUT2D eigenvalue weighted by Gasteiger charge is 2.36. The smallest absolute Gasteiger partial charge is 0.453 e. The number of hydrogen-bond donors (Lipinski definition) is 1. The first-order chi connectivity index (χ1) is 11.3. The first-order valence-electron chi connectivity index (χ1n) is 6.69. The van der Waals surface area contributed by atoms with Gasteiger partial charge in [0.2, 0.25) is 0 Å². The van der Waals surface area contributed by atoms with Gasteiger partial charge in [-0.15, -0.1) is 5.10 Å². The Hall–Kier alpha value is -2.91. The summed E-state index contributed by atoms with van der Waals surface area (Å²) in [6, 6.07) is 5.31. The number of rotatable bonds is 3. The zero-order valence-corrected chi connectivity index (χ0v) is 12.5. The lowest BCUT2D eigenvalue weighted by atomic mass is 10.3. The van der Waals surface area contributed by atoms with Crippen molar-refractivity contribution >= 4 is 17.3 Å². The van der Waals surface area contributed by atoms with Gasteiger partial charge in [-0.1, -0.05) is 0 Å². The van der Waals surface area contributed by atoms with Crippen molar-refractivity contribution in [3.63, 3.8) is 0 Å². The van der Waals surface area contributed by atoms with Gasteiger partial charge in [0.1, 0.15) is 17.4 Å². The van der Waals surface area contributed by atoms with Gasteiger partial charge in [0.15, 0.2) is 0 Å². The molecular weight excluding hydrogens is 330 g/mol. The molecule has 126 valence electrons. The number of hydrogen-bond acceptors (Lipinski definition) is 5. The van der Waals surface area contributed by atoms with Crippen LogP contribution >= 0.6 is 0 Å². The molecule has 1 aromatic carbocycles. The summed E-state index contributed by atoms with van der Waals surface area (Å²) in [7, 11) is 1.38. The normalized spacial score (nSPS) is 11.8. The van der Waals surface area contributed by atoms with E-state index in [0.29, 0.717) is 5.69 Å². The molecule has 1 N–H and O–H groups in total. The number of fused-ring (bicyclic) bond motifs is 1. The number of benzene rings is 1. The minimum absolute atomic E-state index is 0.160. The highest BCUT2D eigenvalue weighted by atomic mass is 19.4. The predicted molar refractivity (Wildman–Crippen MR) is 76.8 cm³/mol. The zero-order chi connectivity index (χ0) is 17.5. The van der Waals surface area contributed by atoms with Crippen molar-refractivity contribution in [2.24, 2.45) is 0 Å². The van der Waals surface area contributed by atoms with Gasteiger partial charge in [-0.3, -0.25) is 0 Å². The fourth-order valence-corrected chi connectivity index (χ4v) is 2.10. The Balaban J connectivity index is 2.09. The van der Waals surface area contributed by atoms with E-state index in [4.69, 9.17) is 4.74 Å². The maximum atomic E-state index is 13.6. The standard InChI is InChI=1S/C14H11F4N5O/c1-7-3-11(20-9-4-8(15)5-10(6-9)24-2)23-13(19-7)21-12(22-23)14(16,17)18/h3-6,20H,1-2H3. The van der Waals surface area contributed by atoms with Gasteiger partial charge in [0, 0.05) is 29.6 Å². The Morgan fingerprint density at radius 3 is 2.54 bits per heavy atom. The largest absolute Gasteiger partial charge is 0.497 e. The summed E-state index contributed by atoms with van der Waals surface area (Å²) in [6.45, 7) is 1.60. The van der Waals surface area contributed by atoms with Crippen molar-refractivity contribution in [1.82, 2.24) is 19.6 Å². The van der Waals surface area contributed by atoms with Crippen LogP contribution < -0.4 is 10.1 Å². The summed E-state index contributed by atoms with van der Waals surface area (Å²) in [5, 5.41) is 6.22. The second-order valence-electron chi connectivity index (χ2n) is 4.93. The fourth-order valence-electron chi connectivity index (χ4n) is 2.10. The maximum absolute atomic E-state index is 13.6. The lowest BCUT2D eigenvalue weighted by Gasteiger charge is -2.10. The number of anilines is 2. The van der Waals surface area contributed by atoms with Crippen molar-refractivity contribution in [3.8, 4) is 5.75 Å². The van der Waals surface area contributed by atoms with Gasteiger partial charge < -0.3 is 10.1 Å². The molecule has 0 spiro atoms. The number of nitrogens with zero attached hydrogens (tertiary/aromatic N) is 4. The van der Waals surface area contributed by atoms with Crippen LogP contribution in [0.3, 0.4) is 0 Å². The van der Waals surface area contributed by atoms with E-state index in [-0.39, 0.29) is 23.0 Å². The van der Waals surface area contributed by atoms with Crippen molar-refractivity contribution in [2.45, 2.75) is 13.1 Å². The Morgan fingerprint density at radius 2 is 1.88 bits per heavy atom.